The Balaban J connectivity index is 2.27. The molecule has 1 heterocycles. The number of nitrogens with one attached hydrogen (secondary N) is 1. The van der Waals surface area contributed by atoms with E-state index in [-0.39, 0.29) is 0 Å². The van der Waals surface area contributed by atoms with Crippen molar-refractivity contribution in [3.8, 4) is 0 Å². The van der Waals surface area contributed by atoms with Gasteiger partial charge >= 0.3 is 0 Å². The lowest BCUT2D eigenvalue weighted by molar-refractivity contribution is 0.161. The first-order valence-electron chi connectivity index (χ1n) is 5.52. The normalized spacial score (nSPS) is 16.0. The van der Waals surface area contributed by atoms with E-state index in [1.54, 1.807) is 0 Å². The summed E-state index contributed by atoms with van der Waals surface area (Å²) in [6, 6.07) is 6.43. The fourth-order valence-corrected chi connectivity index (χ4v) is 2.21. The van der Waals surface area contributed by atoms with Crippen LogP contribution in [-0.4, -0.2) is 18.3 Å². The lowest BCUT2D eigenvalue weighted by atomic mass is 10.1. The summed E-state index contributed by atoms with van der Waals surface area (Å²) in [6.07, 6.45) is 2.56. The van der Waals surface area contributed by atoms with Crippen LogP contribution in [0.3, 0.4) is 0 Å². The van der Waals surface area contributed by atoms with Gasteiger partial charge in [-0.3, -0.25) is 0 Å². The standard InChI is InChI=1S/C12H18N2O/c1-10-4-5-12(11(8-10)9-13-15)14-6-2-3-7-14/h4-5,8,13,15H,2-3,6-7,9H2,1H3. The zero-order valence-electron chi connectivity index (χ0n) is 9.16. The van der Waals surface area contributed by atoms with Crippen LogP contribution >= 0.6 is 0 Å². The highest BCUT2D eigenvalue weighted by Gasteiger charge is 2.15. The smallest absolute Gasteiger partial charge is 0.0478 e. The van der Waals surface area contributed by atoms with Gasteiger partial charge in [0.2, 0.25) is 0 Å². The Morgan fingerprint density at radius 2 is 2.07 bits per heavy atom. The molecule has 0 aromatic heterocycles. The van der Waals surface area contributed by atoms with Gasteiger partial charge in [0.15, 0.2) is 0 Å². The molecule has 1 aliphatic rings. The molecule has 0 unspecified atom stereocenters. The monoisotopic (exact) mass is 206 g/mol. The summed E-state index contributed by atoms with van der Waals surface area (Å²) in [5.41, 5.74) is 5.93. The summed E-state index contributed by atoms with van der Waals surface area (Å²) in [5.74, 6) is 0. The molecule has 1 aliphatic heterocycles. The lowest BCUT2D eigenvalue weighted by Gasteiger charge is -2.21. The second kappa shape index (κ2) is 4.64. The number of hydrogen-bond donors (Lipinski definition) is 2. The van der Waals surface area contributed by atoms with Crippen molar-refractivity contribution in [2.45, 2.75) is 26.3 Å². The fourth-order valence-electron chi connectivity index (χ4n) is 2.21. The fraction of sp³-hybridized carbons (Fsp3) is 0.500. The molecule has 82 valence electrons. The summed E-state index contributed by atoms with van der Waals surface area (Å²) in [7, 11) is 0. The second-order valence-corrected chi connectivity index (χ2v) is 4.16. The minimum atomic E-state index is 0.521. The predicted octanol–water partition coefficient (Wildman–Crippen LogP) is 2.07. The summed E-state index contributed by atoms with van der Waals surface area (Å²) >= 11 is 0. The molecule has 2 N–H and O–H groups in total. The molecule has 1 aromatic rings. The van der Waals surface area contributed by atoms with E-state index in [2.05, 4.69) is 35.5 Å². The summed E-state index contributed by atoms with van der Waals surface area (Å²) in [5, 5.41) is 8.81. The lowest BCUT2D eigenvalue weighted by Crippen LogP contribution is -2.21. The highest BCUT2D eigenvalue weighted by atomic mass is 16.5. The highest BCUT2D eigenvalue weighted by molar-refractivity contribution is 5.55. The average molecular weight is 206 g/mol. The highest BCUT2D eigenvalue weighted by Crippen LogP contribution is 2.25. The van der Waals surface area contributed by atoms with Gasteiger partial charge in [-0.1, -0.05) is 17.7 Å². The number of rotatable bonds is 3. The van der Waals surface area contributed by atoms with Gasteiger partial charge in [-0.25, -0.2) is 5.48 Å². The van der Waals surface area contributed by atoms with E-state index in [4.69, 9.17) is 5.21 Å². The third-order valence-electron chi connectivity index (χ3n) is 2.95. The van der Waals surface area contributed by atoms with Crippen molar-refractivity contribution in [1.82, 2.24) is 5.48 Å². The van der Waals surface area contributed by atoms with E-state index in [9.17, 15) is 0 Å². The maximum absolute atomic E-state index is 8.81. The van der Waals surface area contributed by atoms with Gasteiger partial charge in [0, 0.05) is 25.3 Å². The first kappa shape index (κ1) is 10.5. The molecule has 0 radical (unpaired) electrons. The molecule has 1 saturated heterocycles. The molecule has 2 rings (SSSR count). The van der Waals surface area contributed by atoms with Crippen molar-refractivity contribution in [3.63, 3.8) is 0 Å². The van der Waals surface area contributed by atoms with Gasteiger partial charge in [-0.2, -0.15) is 0 Å². The van der Waals surface area contributed by atoms with E-state index in [0.717, 1.165) is 13.1 Å². The Morgan fingerprint density at radius 1 is 1.33 bits per heavy atom. The number of nitrogens with zero attached hydrogens (tertiary/aromatic N) is 1. The van der Waals surface area contributed by atoms with Crippen molar-refractivity contribution in [2.24, 2.45) is 0 Å². The molecule has 1 fully saturated rings. The van der Waals surface area contributed by atoms with Gasteiger partial charge in [0.05, 0.1) is 0 Å². The van der Waals surface area contributed by atoms with Crippen LogP contribution in [0.15, 0.2) is 18.2 Å². The molecular formula is C12H18N2O. The molecule has 15 heavy (non-hydrogen) atoms. The zero-order valence-corrected chi connectivity index (χ0v) is 9.16. The Kier molecular flexibility index (Phi) is 3.23. The second-order valence-electron chi connectivity index (χ2n) is 4.16. The minimum Gasteiger partial charge on any atom is -0.371 e. The van der Waals surface area contributed by atoms with E-state index in [0.29, 0.717) is 6.54 Å². The Morgan fingerprint density at radius 3 is 2.73 bits per heavy atom. The molecule has 0 saturated carbocycles. The molecule has 1 aromatic carbocycles. The minimum absolute atomic E-state index is 0.521. The third kappa shape index (κ3) is 2.30. The number of hydrogen-bond acceptors (Lipinski definition) is 3. The largest absolute Gasteiger partial charge is 0.371 e. The maximum Gasteiger partial charge on any atom is 0.0478 e. The molecule has 0 atom stereocenters. The molecule has 0 bridgehead atoms. The van der Waals surface area contributed by atoms with Crippen LogP contribution in [0.1, 0.15) is 24.0 Å². The molecule has 3 heteroatoms. The van der Waals surface area contributed by atoms with Gasteiger partial charge in [-0.05, 0) is 31.4 Å². The van der Waals surface area contributed by atoms with Crippen molar-refractivity contribution in [3.05, 3.63) is 29.3 Å². The molecular weight excluding hydrogens is 188 g/mol. The van der Waals surface area contributed by atoms with Crippen LogP contribution in [0, 0.1) is 6.92 Å². The predicted molar refractivity (Wildman–Crippen MR) is 61.3 cm³/mol. The van der Waals surface area contributed by atoms with E-state index >= 15 is 0 Å². The number of benzene rings is 1. The van der Waals surface area contributed by atoms with E-state index in [1.165, 1.54) is 29.7 Å². The van der Waals surface area contributed by atoms with Crippen LogP contribution < -0.4 is 10.4 Å². The molecule has 0 spiro atoms. The van der Waals surface area contributed by atoms with Crippen molar-refractivity contribution in [1.29, 1.82) is 0 Å². The van der Waals surface area contributed by atoms with E-state index in [1.807, 2.05) is 0 Å². The SMILES string of the molecule is Cc1ccc(N2CCCC2)c(CNO)c1. The van der Waals surface area contributed by atoms with Crippen LogP contribution in [0.25, 0.3) is 0 Å². The van der Waals surface area contributed by atoms with Gasteiger partial charge < -0.3 is 10.1 Å². The van der Waals surface area contributed by atoms with Crippen LogP contribution in [0.5, 0.6) is 0 Å². The molecule has 0 aliphatic carbocycles. The molecule has 3 nitrogen and oxygen atoms in total. The third-order valence-corrected chi connectivity index (χ3v) is 2.95. The number of hydroxylamine groups is 1. The average Bonchev–Trinajstić information content (AvgIpc) is 2.71. The molecule has 0 amide bonds. The van der Waals surface area contributed by atoms with Crippen molar-refractivity contribution < 1.29 is 5.21 Å². The van der Waals surface area contributed by atoms with Crippen LogP contribution in [-0.2, 0) is 6.54 Å². The summed E-state index contributed by atoms with van der Waals surface area (Å²) in [4.78, 5) is 2.39. The van der Waals surface area contributed by atoms with Crippen LogP contribution in [0.2, 0.25) is 0 Å². The zero-order chi connectivity index (χ0) is 10.7. The number of aryl methyl sites for hydroxylation is 1. The van der Waals surface area contributed by atoms with Crippen LogP contribution in [0.4, 0.5) is 5.69 Å². The van der Waals surface area contributed by atoms with Crippen molar-refractivity contribution in [2.75, 3.05) is 18.0 Å². The summed E-state index contributed by atoms with van der Waals surface area (Å²) < 4.78 is 0. The topological polar surface area (TPSA) is 35.5 Å². The Labute approximate surface area is 90.7 Å². The Bertz CT molecular complexity index is 332. The van der Waals surface area contributed by atoms with Gasteiger partial charge in [0.25, 0.3) is 0 Å². The Hall–Kier alpha value is -1.06. The first-order chi connectivity index (χ1) is 7.31. The van der Waals surface area contributed by atoms with Gasteiger partial charge in [-0.15, -0.1) is 0 Å². The quantitative estimate of drug-likeness (QED) is 0.743. The maximum atomic E-state index is 8.81. The summed E-state index contributed by atoms with van der Waals surface area (Å²) in [6.45, 7) is 4.88. The van der Waals surface area contributed by atoms with Crippen molar-refractivity contribution >= 4 is 5.69 Å². The first-order valence-corrected chi connectivity index (χ1v) is 5.52. The number of anilines is 1. The van der Waals surface area contributed by atoms with Gasteiger partial charge in [0.1, 0.15) is 0 Å². The van der Waals surface area contributed by atoms with E-state index < -0.39 is 0 Å².